The molecule has 2 aliphatic rings. The molecule has 3 atom stereocenters. The third-order valence-corrected chi connectivity index (χ3v) is 7.93. The third-order valence-electron chi connectivity index (χ3n) is 7.93. The van der Waals surface area contributed by atoms with Crippen molar-refractivity contribution < 1.29 is 13.9 Å². The van der Waals surface area contributed by atoms with Gasteiger partial charge in [-0.15, -0.1) is 10.2 Å². The standard InChI is InChI=1S/C26H25F2N7O/c1-14(36)12-35-13-21(32-34-35)20-10-29-11-22(30-20)26-8-7-16(25(26,2)3)15-9-19(31-33-24(15)26)23-17(27)5-4-6-18(23)28/h4-6,9-11,13-14,16,36H,7-8,12H2,1-3H3/t14-,16-,26-/m0/s1. The average Bonchev–Trinajstić information content (AvgIpc) is 3.46. The minimum atomic E-state index is -0.663. The maximum Gasteiger partial charge on any atom is 0.135 e. The van der Waals surface area contributed by atoms with Gasteiger partial charge in [-0.25, -0.2) is 18.4 Å². The van der Waals surface area contributed by atoms with Crippen LogP contribution in [0.1, 0.15) is 56.5 Å². The molecule has 0 aliphatic heterocycles. The topological polar surface area (TPSA) is 102 Å². The molecule has 8 nitrogen and oxygen atoms in total. The van der Waals surface area contributed by atoms with E-state index in [0.717, 1.165) is 29.8 Å². The summed E-state index contributed by atoms with van der Waals surface area (Å²) in [6.45, 7) is 6.38. The zero-order valence-corrected chi connectivity index (χ0v) is 20.2. The lowest BCUT2D eigenvalue weighted by atomic mass is 9.66. The molecule has 0 unspecified atom stereocenters. The van der Waals surface area contributed by atoms with Crippen LogP contribution in [0.15, 0.2) is 42.9 Å². The highest BCUT2D eigenvalue weighted by atomic mass is 19.1. The molecule has 1 fully saturated rings. The van der Waals surface area contributed by atoms with Gasteiger partial charge in [0.05, 0.1) is 53.1 Å². The monoisotopic (exact) mass is 489 g/mol. The van der Waals surface area contributed by atoms with E-state index >= 15 is 0 Å². The van der Waals surface area contributed by atoms with E-state index in [2.05, 4.69) is 39.3 Å². The van der Waals surface area contributed by atoms with Gasteiger partial charge in [0.2, 0.25) is 0 Å². The quantitative estimate of drug-likeness (QED) is 0.451. The van der Waals surface area contributed by atoms with Gasteiger partial charge in [-0.05, 0) is 54.9 Å². The predicted octanol–water partition coefficient (Wildman–Crippen LogP) is 4.05. The molecule has 0 spiro atoms. The fourth-order valence-corrected chi connectivity index (χ4v) is 6.23. The summed E-state index contributed by atoms with van der Waals surface area (Å²) in [5.74, 6) is -1.19. The van der Waals surface area contributed by atoms with Gasteiger partial charge in [0.25, 0.3) is 0 Å². The van der Waals surface area contributed by atoms with Crippen LogP contribution >= 0.6 is 0 Å². The van der Waals surface area contributed by atoms with E-state index < -0.39 is 23.2 Å². The number of aromatic nitrogens is 7. The normalized spacial score (nSPS) is 22.6. The first-order valence-electron chi connectivity index (χ1n) is 12.0. The fraction of sp³-hybridized carbons (Fsp3) is 0.385. The van der Waals surface area contributed by atoms with E-state index in [1.807, 2.05) is 0 Å². The summed E-state index contributed by atoms with van der Waals surface area (Å²) in [6, 6.07) is 5.58. The fourth-order valence-electron chi connectivity index (χ4n) is 6.23. The van der Waals surface area contributed by atoms with Gasteiger partial charge < -0.3 is 5.11 Å². The van der Waals surface area contributed by atoms with E-state index in [1.165, 1.54) is 18.2 Å². The first-order chi connectivity index (χ1) is 17.2. The van der Waals surface area contributed by atoms with Crippen molar-refractivity contribution in [3.05, 3.63) is 71.4 Å². The number of hydrogen-bond donors (Lipinski definition) is 1. The van der Waals surface area contributed by atoms with Crippen LogP contribution in [-0.4, -0.2) is 46.4 Å². The van der Waals surface area contributed by atoms with Gasteiger partial charge in [0.1, 0.15) is 23.0 Å². The van der Waals surface area contributed by atoms with Crippen molar-refractivity contribution in [1.29, 1.82) is 0 Å². The van der Waals surface area contributed by atoms with E-state index in [4.69, 9.17) is 4.98 Å². The maximum atomic E-state index is 14.5. The predicted molar refractivity (Wildman–Crippen MR) is 127 cm³/mol. The number of nitrogens with zero attached hydrogens (tertiary/aromatic N) is 7. The van der Waals surface area contributed by atoms with Crippen LogP contribution < -0.4 is 0 Å². The molecule has 184 valence electrons. The van der Waals surface area contributed by atoms with E-state index in [1.54, 1.807) is 36.3 Å². The molecule has 2 aliphatic carbocycles. The lowest BCUT2D eigenvalue weighted by Crippen LogP contribution is -2.38. The van der Waals surface area contributed by atoms with Crippen LogP contribution in [0.3, 0.4) is 0 Å². The Hall–Kier alpha value is -3.66. The second-order valence-corrected chi connectivity index (χ2v) is 10.3. The van der Waals surface area contributed by atoms with Crippen molar-refractivity contribution in [1.82, 2.24) is 35.2 Å². The molecule has 0 saturated heterocycles. The Morgan fingerprint density at radius 3 is 2.61 bits per heavy atom. The lowest BCUT2D eigenvalue weighted by molar-refractivity contribution is 0.167. The molecule has 0 amide bonds. The molecule has 3 heterocycles. The van der Waals surface area contributed by atoms with Crippen LogP contribution in [0.25, 0.3) is 22.6 Å². The Morgan fingerprint density at radius 1 is 1.08 bits per heavy atom. The molecule has 1 saturated carbocycles. The largest absolute Gasteiger partial charge is 0.391 e. The number of fused-ring (bicyclic) bond motifs is 5. The molecule has 3 aromatic heterocycles. The number of halogens is 2. The summed E-state index contributed by atoms with van der Waals surface area (Å²) in [7, 11) is 0. The van der Waals surface area contributed by atoms with Crippen LogP contribution in [0.5, 0.6) is 0 Å². The molecular formula is C26H25F2N7O. The van der Waals surface area contributed by atoms with Crippen LogP contribution in [0, 0.1) is 17.0 Å². The number of hydrogen-bond acceptors (Lipinski definition) is 7. The second-order valence-electron chi connectivity index (χ2n) is 10.3. The van der Waals surface area contributed by atoms with Crippen LogP contribution in [0.2, 0.25) is 0 Å². The highest BCUT2D eigenvalue weighted by molar-refractivity contribution is 5.64. The van der Waals surface area contributed by atoms with Crippen LogP contribution in [-0.2, 0) is 12.0 Å². The summed E-state index contributed by atoms with van der Waals surface area (Å²) < 4.78 is 30.6. The Balaban J connectivity index is 1.46. The first-order valence-corrected chi connectivity index (χ1v) is 12.0. The first kappa shape index (κ1) is 22.8. The van der Waals surface area contributed by atoms with Gasteiger partial charge in [-0.3, -0.25) is 4.98 Å². The van der Waals surface area contributed by atoms with Crippen molar-refractivity contribution in [3.63, 3.8) is 0 Å². The summed E-state index contributed by atoms with van der Waals surface area (Å²) in [4.78, 5) is 9.44. The molecule has 0 radical (unpaired) electrons. The Bertz CT molecular complexity index is 1460. The minimum Gasteiger partial charge on any atom is -0.391 e. The van der Waals surface area contributed by atoms with Crippen molar-refractivity contribution in [2.75, 3.05) is 0 Å². The van der Waals surface area contributed by atoms with Crippen molar-refractivity contribution in [3.8, 4) is 22.6 Å². The van der Waals surface area contributed by atoms with Crippen LogP contribution in [0.4, 0.5) is 8.78 Å². The maximum absolute atomic E-state index is 14.5. The molecule has 6 rings (SSSR count). The molecular weight excluding hydrogens is 464 g/mol. The van der Waals surface area contributed by atoms with Crippen molar-refractivity contribution in [2.45, 2.75) is 57.6 Å². The molecule has 1 N–H and O–H groups in total. The zero-order valence-electron chi connectivity index (χ0n) is 20.2. The molecule has 36 heavy (non-hydrogen) atoms. The van der Waals surface area contributed by atoms with E-state index in [9.17, 15) is 13.9 Å². The number of benzene rings is 1. The average molecular weight is 490 g/mol. The molecule has 1 aromatic carbocycles. The Labute approximate surface area is 206 Å². The number of aliphatic hydroxyl groups is 1. The summed E-state index contributed by atoms with van der Waals surface area (Å²) >= 11 is 0. The van der Waals surface area contributed by atoms with Gasteiger partial charge >= 0.3 is 0 Å². The Morgan fingerprint density at radius 2 is 1.86 bits per heavy atom. The van der Waals surface area contributed by atoms with Crippen molar-refractivity contribution >= 4 is 0 Å². The summed E-state index contributed by atoms with van der Waals surface area (Å²) in [6.07, 6.45) is 6.28. The van der Waals surface area contributed by atoms with Gasteiger partial charge in [-0.2, -0.15) is 5.10 Å². The van der Waals surface area contributed by atoms with Crippen molar-refractivity contribution in [2.24, 2.45) is 5.41 Å². The number of aliphatic hydroxyl groups excluding tert-OH is 1. The second kappa shape index (κ2) is 7.92. The van der Waals surface area contributed by atoms with Gasteiger partial charge in [-0.1, -0.05) is 25.1 Å². The smallest absolute Gasteiger partial charge is 0.135 e. The molecule has 2 bridgehead atoms. The van der Waals surface area contributed by atoms with E-state index in [0.29, 0.717) is 17.9 Å². The minimum absolute atomic E-state index is 0.133. The highest BCUT2D eigenvalue weighted by Crippen LogP contribution is 2.69. The number of rotatable bonds is 5. The zero-order chi connectivity index (χ0) is 25.2. The SMILES string of the molecule is C[C@H](O)Cn1cc(-c2cncc([C@@]34CC[C@@H](c5cc(-c6c(F)cccc6F)nnc53)C4(C)C)n2)nn1. The van der Waals surface area contributed by atoms with Gasteiger partial charge in [0, 0.05) is 6.20 Å². The Kier molecular flexibility index (Phi) is 5.01. The summed E-state index contributed by atoms with van der Waals surface area (Å²) in [5, 5.41) is 26.8. The molecule has 4 aromatic rings. The van der Waals surface area contributed by atoms with Gasteiger partial charge in [0.15, 0.2) is 0 Å². The lowest BCUT2D eigenvalue weighted by Gasteiger charge is -2.37. The third kappa shape index (κ3) is 3.13. The van der Waals surface area contributed by atoms with E-state index in [-0.39, 0.29) is 22.6 Å². The molecule has 10 heteroatoms. The highest BCUT2D eigenvalue weighted by Gasteiger charge is 2.65. The summed E-state index contributed by atoms with van der Waals surface area (Å²) in [5.41, 5.74) is 2.84.